The maximum atomic E-state index is 12.5. The Kier molecular flexibility index (Phi) is 4.81. The van der Waals surface area contributed by atoms with E-state index >= 15 is 0 Å². The second kappa shape index (κ2) is 7.03. The van der Waals surface area contributed by atoms with Gasteiger partial charge in [0.1, 0.15) is 11.5 Å². The molecule has 0 saturated carbocycles. The fourth-order valence-electron chi connectivity index (χ4n) is 2.42. The van der Waals surface area contributed by atoms with Crippen molar-refractivity contribution in [2.24, 2.45) is 0 Å². The zero-order valence-corrected chi connectivity index (χ0v) is 15.4. The first-order valence-corrected chi connectivity index (χ1v) is 8.38. The fraction of sp³-hybridized carbons (Fsp3) is 0.105. The topological polar surface area (TPSA) is 77.5 Å². The van der Waals surface area contributed by atoms with Gasteiger partial charge in [0.25, 0.3) is 5.91 Å². The van der Waals surface area contributed by atoms with Crippen molar-refractivity contribution in [3.63, 3.8) is 0 Å². The van der Waals surface area contributed by atoms with Crippen LogP contribution in [-0.4, -0.2) is 13.0 Å². The number of hydrogen-bond donors (Lipinski definition) is 2. The van der Waals surface area contributed by atoms with Gasteiger partial charge in [0.05, 0.1) is 12.8 Å². The predicted molar refractivity (Wildman–Crippen MR) is 102 cm³/mol. The highest BCUT2D eigenvalue weighted by Gasteiger charge is 2.15. The Balaban J connectivity index is 1.83. The number of halogens is 1. The van der Waals surface area contributed by atoms with E-state index in [1.807, 2.05) is 25.1 Å². The van der Waals surface area contributed by atoms with Gasteiger partial charge in [-0.15, -0.1) is 0 Å². The third-order valence-corrected chi connectivity index (χ3v) is 4.63. The van der Waals surface area contributed by atoms with Crippen LogP contribution in [0.1, 0.15) is 16.1 Å². The average Bonchev–Trinajstić information content (AvgIpc) is 3.08. The molecule has 1 aromatic heterocycles. The van der Waals surface area contributed by atoms with Gasteiger partial charge in [-0.25, -0.2) is 0 Å². The minimum atomic E-state index is -0.371. The first-order chi connectivity index (χ1) is 12.0. The lowest BCUT2D eigenvalue weighted by molar-refractivity contribution is 0.0997. The predicted octanol–water partition coefficient (Wildman–Crippen LogP) is 4.86. The third kappa shape index (κ3) is 3.69. The Morgan fingerprint density at radius 3 is 2.68 bits per heavy atom. The summed E-state index contributed by atoms with van der Waals surface area (Å²) in [5, 5.41) is 2.76. The number of nitrogens with two attached hydrogens (primary N) is 1. The van der Waals surface area contributed by atoms with Crippen LogP contribution in [0.25, 0.3) is 11.3 Å². The van der Waals surface area contributed by atoms with Gasteiger partial charge >= 0.3 is 0 Å². The van der Waals surface area contributed by atoms with Gasteiger partial charge in [0.2, 0.25) is 0 Å². The number of ether oxygens (including phenoxy) is 1. The number of benzene rings is 2. The molecule has 0 saturated heterocycles. The van der Waals surface area contributed by atoms with E-state index in [0.29, 0.717) is 22.9 Å². The molecule has 0 aliphatic carbocycles. The van der Waals surface area contributed by atoms with Crippen molar-refractivity contribution >= 4 is 33.2 Å². The van der Waals surface area contributed by atoms with Gasteiger partial charge in [-0.3, -0.25) is 4.79 Å². The molecule has 1 amide bonds. The highest BCUT2D eigenvalue weighted by atomic mass is 79.9. The molecule has 0 radical (unpaired) electrons. The van der Waals surface area contributed by atoms with Crippen molar-refractivity contribution in [1.82, 2.24) is 0 Å². The second-order valence-corrected chi connectivity index (χ2v) is 6.40. The van der Waals surface area contributed by atoms with Crippen molar-refractivity contribution in [3.8, 4) is 17.1 Å². The Labute approximate surface area is 153 Å². The molecule has 0 aliphatic rings. The Morgan fingerprint density at radius 2 is 1.96 bits per heavy atom. The first kappa shape index (κ1) is 17.1. The molecule has 0 fully saturated rings. The van der Waals surface area contributed by atoms with Gasteiger partial charge in [-0.05, 0) is 55.0 Å². The number of amides is 1. The van der Waals surface area contributed by atoms with Gasteiger partial charge < -0.3 is 20.2 Å². The standard InChI is InChI=1S/C19H17BrN2O3/c1-11-9-12(3-5-14(11)20)16-7-8-18(25-16)19(23)22-15-10-13(21)4-6-17(15)24-2/h3-10H,21H2,1-2H3,(H,22,23). The molecule has 3 aromatic rings. The van der Waals surface area contributed by atoms with Crippen LogP contribution in [0.15, 0.2) is 57.4 Å². The van der Waals surface area contributed by atoms with E-state index in [4.69, 9.17) is 14.9 Å². The fourth-order valence-corrected chi connectivity index (χ4v) is 2.67. The minimum Gasteiger partial charge on any atom is -0.495 e. The van der Waals surface area contributed by atoms with Gasteiger partial charge in [-0.1, -0.05) is 22.0 Å². The van der Waals surface area contributed by atoms with Gasteiger partial charge in [-0.2, -0.15) is 0 Å². The van der Waals surface area contributed by atoms with Crippen LogP contribution in [0.5, 0.6) is 5.75 Å². The summed E-state index contributed by atoms with van der Waals surface area (Å²) in [6.07, 6.45) is 0. The third-order valence-electron chi connectivity index (χ3n) is 3.74. The number of anilines is 2. The van der Waals surface area contributed by atoms with Crippen molar-refractivity contribution in [3.05, 3.63) is 64.3 Å². The summed E-state index contributed by atoms with van der Waals surface area (Å²) >= 11 is 3.47. The smallest absolute Gasteiger partial charge is 0.291 e. The van der Waals surface area contributed by atoms with E-state index in [1.165, 1.54) is 7.11 Å². The monoisotopic (exact) mass is 400 g/mol. The SMILES string of the molecule is COc1ccc(N)cc1NC(=O)c1ccc(-c2ccc(Br)c(C)c2)o1. The number of hydrogen-bond acceptors (Lipinski definition) is 4. The zero-order valence-electron chi connectivity index (χ0n) is 13.8. The van der Waals surface area contributed by atoms with Crippen LogP contribution < -0.4 is 15.8 Å². The van der Waals surface area contributed by atoms with Crippen LogP contribution in [0.3, 0.4) is 0 Å². The zero-order chi connectivity index (χ0) is 18.0. The summed E-state index contributed by atoms with van der Waals surface area (Å²) in [5.74, 6) is 0.988. The molecule has 0 unspecified atom stereocenters. The molecule has 128 valence electrons. The number of furan rings is 1. The number of nitrogen functional groups attached to an aromatic ring is 1. The summed E-state index contributed by atoms with van der Waals surface area (Å²) in [6, 6.07) is 14.3. The molecule has 3 N–H and O–H groups in total. The maximum absolute atomic E-state index is 12.5. The number of carbonyl (C=O) groups excluding carboxylic acids is 1. The van der Waals surface area contributed by atoms with Crippen LogP contribution >= 0.6 is 15.9 Å². The Hall–Kier alpha value is -2.73. The molecule has 0 spiro atoms. The van der Waals surface area contributed by atoms with Crippen LogP contribution in [0, 0.1) is 6.92 Å². The number of methoxy groups -OCH3 is 1. The quantitative estimate of drug-likeness (QED) is 0.612. The normalized spacial score (nSPS) is 10.5. The average molecular weight is 401 g/mol. The molecule has 3 rings (SSSR count). The molecule has 0 bridgehead atoms. The van der Waals surface area contributed by atoms with Crippen molar-refractivity contribution in [1.29, 1.82) is 0 Å². The number of aryl methyl sites for hydroxylation is 1. The lowest BCUT2D eigenvalue weighted by atomic mass is 10.1. The van der Waals surface area contributed by atoms with Crippen molar-refractivity contribution < 1.29 is 13.9 Å². The Bertz CT molecular complexity index is 934. The molecule has 6 heteroatoms. The summed E-state index contributed by atoms with van der Waals surface area (Å²) < 4.78 is 12.0. The first-order valence-electron chi connectivity index (χ1n) is 7.59. The van der Waals surface area contributed by atoms with Crippen molar-refractivity contribution in [2.75, 3.05) is 18.2 Å². The van der Waals surface area contributed by atoms with E-state index in [1.54, 1.807) is 30.3 Å². The van der Waals surface area contributed by atoms with Crippen LogP contribution in [-0.2, 0) is 0 Å². The molecular formula is C19H17BrN2O3. The lowest BCUT2D eigenvalue weighted by Crippen LogP contribution is -2.12. The molecular weight excluding hydrogens is 384 g/mol. The van der Waals surface area contributed by atoms with E-state index < -0.39 is 0 Å². The van der Waals surface area contributed by atoms with Crippen molar-refractivity contribution in [2.45, 2.75) is 6.92 Å². The highest BCUT2D eigenvalue weighted by molar-refractivity contribution is 9.10. The van der Waals surface area contributed by atoms with E-state index in [-0.39, 0.29) is 11.7 Å². The molecule has 25 heavy (non-hydrogen) atoms. The highest BCUT2D eigenvalue weighted by Crippen LogP contribution is 2.29. The summed E-state index contributed by atoms with van der Waals surface area (Å²) in [4.78, 5) is 12.5. The molecule has 0 aliphatic heterocycles. The lowest BCUT2D eigenvalue weighted by Gasteiger charge is -2.09. The van der Waals surface area contributed by atoms with Gasteiger partial charge in [0, 0.05) is 15.7 Å². The van der Waals surface area contributed by atoms with Crippen LogP contribution in [0.4, 0.5) is 11.4 Å². The molecule has 2 aromatic carbocycles. The van der Waals surface area contributed by atoms with E-state index in [2.05, 4.69) is 21.2 Å². The Morgan fingerprint density at radius 1 is 1.16 bits per heavy atom. The second-order valence-electron chi connectivity index (χ2n) is 5.54. The number of carbonyl (C=O) groups is 1. The maximum Gasteiger partial charge on any atom is 0.291 e. The largest absolute Gasteiger partial charge is 0.495 e. The van der Waals surface area contributed by atoms with E-state index in [9.17, 15) is 4.79 Å². The molecule has 1 heterocycles. The summed E-state index contributed by atoms with van der Waals surface area (Å²) in [6.45, 7) is 2.00. The van der Waals surface area contributed by atoms with Crippen LogP contribution in [0.2, 0.25) is 0 Å². The summed E-state index contributed by atoms with van der Waals surface area (Å²) in [5.41, 5.74) is 8.78. The molecule has 5 nitrogen and oxygen atoms in total. The number of nitrogens with one attached hydrogen (secondary N) is 1. The van der Waals surface area contributed by atoms with Gasteiger partial charge in [0.15, 0.2) is 5.76 Å². The molecule has 0 atom stereocenters. The number of rotatable bonds is 4. The summed E-state index contributed by atoms with van der Waals surface area (Å²) in [7, 11) is 1.53. The minimum absolute atomic E-state index is 0.208. The van der Waals surface area contributed by atoms with E-state index in [0.717, 1.165) is 15.6 Å².